The lowest BCUT2D eigenvalue weighted by Crippen LogP contribution is -2.34. The fourth-order valence-electron chi connectivity index (χ4n) is 3.10. The molecule has 3 aromatic rings. The van der Waals surface area contributed by atoms with Gasteiger partial charge in [0.15, 0.2) is 5.65 Å². The molecule has 1 fully saturated rings. The molecule has 0 bridgehead atoms. The van der Waals surface area contributed by atoms with E-state index >= 15 is 0 Å². The van der Waals surface area contributed by atoms with Crippen molar-refractivity contribution in [2.45, 2.75) is 19.3 Å². The summed E-state index contributed by atoms with van der Waals surface area (Å²) < 4.78 is 2.24. The first-order valence-electron chi connectivity index (χ1n) is 6.85. The number of aromatic amines is 1. The predicted molar refractivity (Wildman–Crippen MR) is 81.5 cm³/mol. The van der Waals surface area contributed by atoms with Gasteiger partial charge in [0.2, 0.25) is 0 Å². The second kappa shape index (κ2) is 5.07. The molecular formula is C14H18ClN5. The van der Waals surface area contributed by atoms with Crippen LogP contribution in [-0.4, -0.2) is 32.4 Å². The highest BCUT2D eigenvalue weighted by Gasteiger charge is 2.26. The number of piperidine rings is 1. The maximum absolute atomic E-state index is 4.67. The van der Waals surface area contributed by atoms with Crippen LogP contribution < -0.4 is 5.32 Å². The van der Waals surface area contributed by atoms with Crippen LogP contribution in [0, 0.1) is 5.92 Å². The summed E-state index contributed by atoms with van der Waals surface area (Å²) in [4.78, 5) is 12.3. The molecule has 2 N–H and O–H groups in total. The molecule has 0 radical (unpaired) electrons. The van der Waals surface area contributed by atoms with Gasteiger partial charge in [-0.2, -0.15) is 0 Å². The van der Waals surface area contributed by atoms with Crippen molar-refractivity contribution in [2.24, 2.45) is 5.92 Å². The van der Waals surface area contributed by atoms with Gasteiger partial charge >= 0.3 is 0 Å². The average molecular weight is 292 g/mol. The van der Waals surface area contributed by atoms with Crippen LogP contribution in [0.15, 0.2) is 24.7 Å². The Bertz CT molecular complexity index is 731. The van der Waals surface area contributed by atoms with Crippen molar-refractivity contribution in [3.05, 3.63) is 30.5 Å². The lowest BCUT2D eigenvalue weighted by Gasteiger charge is -2.28. The number of H-pyrrole nitrogens is 1. The number of halogens is 1. The van der Waals surface area contributed by atoms with Crippen molar-refractivity contribution in [1.82, 2.24) is 24.7 Å². The number of imidazole rings is 1. The molecule has 1 saturated heterocycles. The Kier molecular flexibility index (Phi) is 3.40. The van der Waals surface area contributed by atoms with E-state index in [2.05, 4.69) is 37.7 Å². The molecule has 6 heteroatoms. The molecule has 1 aliphatic heterocycles. The zero-order chi connectivity index (χ0) is 12.8. The Morgan fingerprint density at radius 1 is 1.30 bits per heavy atom. The Hall–Kier alpha value is -1.59. The van der Waals surface area contributed by atoms with E-state index in [1.54, 1.807) is 0 Å². The number of hydrogen-bond donors (Lipinski definition) is 2. The predicted octanol–water partition coefficient (Wildman–Crippen LogP) is 2.35. The zero-order valence-electron chi connectivity index (χ0n) is 11.3. The highest BCUT2D eigenvalue weighted by Crippen LogP contribution is 2.29. The first-order chi connectivity index (χ1) is 9.34. The smallest absolute Gasteiger partial charge is 0.154 e. The number of fused-ring (bicyclic) bond motifs is 3. The first-order valence-corrected chi connectivity index (χ1v) is 6.85. The summed E-state index contributed by atoms with van der Waals surface area (Å²) in [6, 6.07) is 2.07. The van der Waals surface area contributed by atoms with E-state index in [-0.39, 0.29) is 12.4 Å². The number of aromatic nitrogens is 4. The van der Waals surface area contributed by atoms with E-state index in [9.17, 15) is 0 Å². The summed E-state index contributed by atoms with van der Waals surface area (Å²) in [5.41, 5.74) is 3.10. The van der Waals surface area contributed by atoms with Gasteiger partial charge < -0.3 is 10.3 Å². The summed E-state index contributed by atoms with van der Waals surface area (Å²) in [6.45, 7) is 4.44. The summed E-state index contributed by atoms with van der Waals surface area (Å²) in [5.74, 6) is 2.28. The fourth-order valence-corrected chi connectivity index (χ4v) is 3.10. The van der Waals surface area contributed by atoms with Crippen LogP contribution in [0.2, 0.25) is 0 Å². The average Bonchev–Trinajstić information content (AvgIpc) is 3.04. The van der Waals surface area contributed by atoms with Gasteiger partial charge in [-0.1, -0.05) is 6.92 Å². The molecule has 1 aliphatic rings. The molecule has 0 aliphatic carbocycles. The van der Waals surface area contributed by atoms with Gasteiger partial charge in [-0.3, -0.25) is 4.40 Å². The molecule has 0 spiro atoms. The van der Waals surface area contributed by atoms with E-state index in [0.29, 0.717) is 11.8 Å². The van der Waals surface area contributed by atoms with Gasteiger partial charge in [0.25, 0.3) is 0 Å². The summed E-state index contributed by atoms with van der Waals surface area (Å²) >= 11 is 0. The Morgan fingerprint density at radius 2 is 2.15 bits per heavy atom. The normalized spacial score (nSPS) is 23.1. The summed E-state index contributed by atoms with van der Waals surface area (Å²) in [6.07, 6.45) is 6.96. The SMILES string of the molecule is C[C@H]1CCNC[C@H]1c1ncc2cnc3[nH]ccc3n12.Cl. The number of hydrogen-bond acceptors (Lipinski definition) is 3. The maximum atomic E-state index is 4.67. The van der Waals surface area contributed by atoms with Crippen molar-refractivity contribution in [2.75, 3.05) is 13.1 Å². The Balaban J connectivity index is 0.00000121. The highest BCUT2D eigenvalue weighted by molar-refractivity contribution is 5.85. The van der Waals surface area contributed by atoms with Crippen molar-refractivity contribution in [3.63, 3.8) is 0 Å². The third-order valence-electron chi connectivity index (χ3n) is 4.25. The minimum atomic E-state index is 0. The lowest BCUT2D eigenvalue weighted by atomic mass is 9.87. The van der Waals surface area contributed by atoms with Crippen molar-refractivity contribution in [1.29, 1.82) is 0 Å². The number of rotatable bonds is 1. The van der Waals surface area contributed by atoms with Gasteiger partial charge in [0.05, 0.1) is 23.4 Å². The minimum Gasteiger partial charge on any atom is -0.345 e. The molecule has 4 heterocycles. The summed E-state index contributed by atoms with van der Waals surface area (Å²) in [7, 11) is 0. The molecule has 5 nitrogen and oxygen atoms in total. The van der Waals surface area contributed by atoms with Gasteiger partial charge in [-0.05, 0) is 24.9 Å². The van der Waals surface area contributed by atoms with Crippen molar-refractivity contribution in [3.8, 4) is 0 Å². The van der Waals surface area contributed by atoms with Crippen LogP contribution in [-0.2, 0) is 0 Å². The van der Waals surface area contributed by atoms with Crippen LogP contribution >= 0.6 is 12.4 Å². The lowest BCUT2D eigenvalue weighted by molar-refractivity contribution is 0.337. The van der Waals surface area contributed by atoms with Gasteiger partial charge in [-0.25, -0.2) is 9.97 Å². The van der Waals surface area contributed by atoms with Crippen LogP contribution in [0.4, 0.5) is 0 Å². The van der Waals surface area contributed by atoms with Gasteiger partial charge in [0.1, 0.15) is 5.82 Å². The minimum absolute atomic E-state index is 0. The molecule has 0 unspecified atom stereocenters. The van der Waals surface area contributed by atoms with E-state index in [4.69, 9.17) is 0 Å². The largest absolute Gasteiger partial charge is 0.345 e. The molecule has 106 valence electrons. The molecule has 0 amide bonds. The Morgan fingerprint density at radius 3 is 3.00 bits per heavy atom. The second-order valence-corrected chi connectivity index (χ2v) is 5.42. The van der Waals surface area contributed by atoms with Crippen LogP contribution in [0.25, 0.3) is 16.7 Å². The second-order valence-electron chi connectivity index (χ2n) is 5.42. The standard InChI is InChI=1S/C14H17N5.ClH/c1-9-2-4-15-8-11(9)14-18-7-10-6-17-13-12(19(10)14)3-5-16-13;/h3,5-7,9,11,15-16H,2,4,8H2,1H3;1H/t9-,11+;/m0./s1. The van der Waals surface area contributed by atoms with E-state index < -0.39 is 0 Å². The van der Waals surface area contributed by atoms with Crippen molar-refractivity contribution < 1.29 is 0 Å². The number of nitrogens with one attached hydrogen (secondary N) is 2. The quantitative estimate of drug-likeness (QED) is 0.723. The number of nitrogens with zero attached hydrogens (tertiary/aromatic N) is 3. The molecule has 2 atom stereocenters. The third-order valence-corrected chi connectivity index (χ3v) is 4.25. The zero-order valence-corrected chi connectivity index (χ0v) is 12.2. The topological polar surface area (TPSA) is 58.0 Å². The fraction of sp³-hybridized carbons (Fsp3) is 0.429. The van der Waals surface area contributed by atoms with Crippen LogP contribution in [0.1, 0.15) is 25.1 Å². The summed E-state index contributed by atoms with van der Waals surface area (Å²) in [5, 5.41) is 3.48. The highest BCUT2D eigenvalue weighted by atomic mass is 35.5. The van der Waals surface area contributed by atoms with Crippen molar-refractivity contribution >= 4 is 29.1 Å². The Labute approximate surface area is 123 Å². The van der Waals surface area contributed by atoms with Gasteiger partial charge in [0, 0.05) is 18.7 Å². The molecular weight excluding hydrogens is 274 g/mol. The first kappa shape index (κ1) is 13.4. The third kappa shape index (κ3) is 1.89. The maximum Gasteiger partial charge on any atom is 0.154 e. The molecule has 0 aromatic carbocycles. The van der Waals surface area contributed by atoms with Crippen LogP contribution in [0.3, 0.4) is 0 Å². The monoisotopic (exact) mass is 291 g/mol. The molecule has 20 heavy (non-hydrogen) atoms. The molecule has 4 rings (SSSR count). The van der Waals surface area contributed by atoms with E-state index in [0.717, 1.165) is 35.6 Å². The van der Waals surface area contributed by atoms with Gasteiger partial charge in [-0.15, -0.1) is 12.4 Å². The molecule has 0 saturated carbocycles. The van der Waals surface area contributed by atoms with Crippen LogP contribution in [0.5, 0.6) is 0 Å². The molecule has 3 aromatic heterocycles. The van der Waals surface area contributed by atoms with E-state index in [1.807, 2.05) is 18.6 Å². The van der Waals surface area contributed by atoms with E-state index in [1.165, 1.54) is 6.42 Å².